The number of Topliss-reactive ketones (excluding diaryl/α,β-unsaturated/α-hetero) is 1. The maximum absolute atomic E-state index is 13.9. The van der Waals surface area contributed by atoms with Crippen LogP contribution in [-0.4, -0.2) is 22.4 Å². The molecule has 0 amide bonds. The summed E-state index contributed by atoms with van der Waals surface area (Å²) in [5, 5.41) is 0. The molecule has 0 aliphatic heterocycles. The highest BCUT2D eigenvalue weighted by atomic mass is 19.1. The topological polar surface area (TPSA) is 74.5 Å². The Morgan fingerprint density at radius 3 is 2.21 bits per heavy atom. The molecule has 216 valence electrons. The Morgan fingerprint density at radius 1 is 0.929 bits per heavy atom. The second-order valence-corrected chi connectivity index (χ2v) is 10.4. The number of oxazole rings is 1. The third-order valence-corrected chi connectivity index (χ3v) is 7.30. The van der Waals surface area contributed by atoms with Crippen LogP contribution in [0.25, 0.3) is 11.1 Å². The lowest BCUT2D eigenvalue weighted by Crippen LogP contribution is -2.15. The van der Waals surface area contributed by atoms with E-state index >= 15 is 0 Å². The van der Waals surface area contributed by atoms with Crippen molar-refractivity contribution in [2.45, 2.75) is 52.6 Å². The van der Waals surface area contributed by atoms with Gasteiger partial charge in [-0.1, -0.05) is 37.3 Å². The van der Waals surface area contributed by atoms with Crippen LogP contribution < -0.4 is 9.47 Å². The Kier molecular flexibility index (Phi) is 8.61. The van der Waals surface area contributed by atoms with Crippen molar-refractivity contribution in [3.8, 4) is 11.5 Å². The molecular weight excluding hydrogens is 538 g/mol. The van der Waals surface area contributed by atoms with Gasteiger partial charge in [0.15, 0.2) is 17.4 Å². The molecule has 0 N–H and O–H groups in total. The van der Waals surface area contributed by atoms with Gasteiger partial charge in [-0.2, -0.15) is 0 Å². The Bertz CT molecular complexity index is 1680. The number of nitrogens with zero attached hydrogens (tertiary/aromatic N) is 2. The number of hydrogen-bond donors (Lipinski definition) is 0. The van der Waals surface area contributed by atoms with E-state index in [0.717, 1.165) is 16.8 Å². The Labute approximate surface area is 243 Å². The normalized spacial score (nSPS) is 12.7. The average molecular weight is 571 g/mol. The molecule has 0 saturated heterocycles. The van der Waals surface area contributed by atoms with Gasteiger partial charge in [-0.3, -0.25) is 9.78 Å². The summed E-state index contributed by atoms with van der Waals surface area (Å²) in [6, 6.07) is 18.1. The molecule has 5 rings (SSSR count). The number of aromatic nitrogens is 2. The summed E-state index contributed by atoms with van der Waals surface area (Å²) < 4.78 is 46.6. The molecule has 0 saturated carbocycles. The molecule has 5 aromatic rings. The van der Waals surface area contributed by atoms with E-state index in [-0.39, 0.29) is 41.4 Å². The summed E-state index contributed by atoms with van der Waals surface area (Å²) in [7, 11) is 0. The zero-order valence-corrected chi connectivity index (χ0v) is 24.0. The van der Waals surface area contributed by atoms with Gasteiger partial charge in [0.1, 0.15) is 23.3 Å². The monoisotopic (exact) mass is 570 g/mol. The van der Waals surface area contributed by atoms with Gasteiger partial charge in [0.05, 0.1) is 12.2 Å². The van der Waals surface area contributed by atoms with Crippen molar-refractivity contribution < 1.29 is 27.5 Å². The number of carbonyl (C=O) groups is 1. The van der Waals surface area contributed by atoms with Crippen LogP contribution in [0, 0.1) is 25.5 Å². The fourth-order valence-corrected chi connectivity index (χ4v) is 5.13. The van der Waals surface area contributed by atoms with Crippen molar-refractivity contribution in [2.75, 3.05) is 6.61 Å². The summed E-state index contributed by atoms with van der Waals surface area (Å²) in [6.45, 7) is 7.27. The number of rotatable bonds is 11. The second kappa shape index (κ2) is 12.5. The smallest absolute Gasteiger partial charge is 0.208 e. The van der Waals surface area contributed by atoms with Gasteiger partial charge in [-0.15, -0.1) is 0 Å². The maximum atomic E-state index is 13.9. The summed E-state index contributed by atoms with van der Waals surface area (Å²) >= 11 is 0. The number of pyridine rings is 1. The van der Waals surface area contributed by atoms with E-state index in [1.54, 1.807) is 37.4 Å². The van der Waals surface area contributed by atoms with Crippen LogP contribution in [0.1, 0.15) is 70.9 Å². The Hall–Kier alpha value is -4.59. The molecule has 2 aromatic heterocycles. The molecule has 42 heavy (non-hydrogen) atoms. The maximum Gasteiger partial charge on any atom is 0.208 e. The van der Waals surface area contributed by atoms with Crippen LogP contribution in [0.4, 0.5) is 8.78 Å². The molecule has 0 aliphatic carbocycles. The third-order valence-electron chi connectivity index (χ3n) is 7.30. The summed E-state index contributed by atoms with van der Waals surface area (Å²) in [5.41, 5.74) is 4.35. The van der Waals surface area contributed by atoms with Crippen LogP contribution in [0.15, 0.2) is 77.3 Å². The lowest BCUT2D eigenvalue weighted by molar-refractivity contribution is 0.101. The number of hydrogen-bond acceptors (Lipinski definition) is 6. The predicted molar refractivity (Wildman–Crippen MR) is 156 cm³/mol. The predicted octanol–water partition coefficient (Wildman–Crippen LogP) is 8.26. The highest BCUT2D eigenvalue weighted by molar-refractivity contribution is 6.05. The molecule has 0 fully saturated rings. The van der Waals surface area contributed by atoms with Crippen LogP contribution in [-0.2, 0) is 6.42 Å². The van der Waals surface area contributed by atoms with E-state index in [9.17, 15) is 13.6 Å². The highest BCUT2D eigenvalue weighted by Crippen LogP contribution is 2.45. The number of halogens is 2. The molecule has 0 radical (unpaired) electrons. The molecule has 0 spiro atoms. The molecular formula is C34H32F2N2O4. The van der Waals surface area contributed by atoms with Crippen LogP contribution in [0.3, 0.4) is 0 Å². The molecule has 2 atom stereocenters. The second-order valence-electron chi connectivity index (χ2n) is 10.4. The highest BCUT2D eigenvalue weighted by Gasteiger charge is 2.29. The van der Waals surface area contributed by atoms with Crippen molar-refractivity contribution in [3.05, 3.63) is 118 Å². The Balaban J connectivity index is 1.59. The van der Waals surface area contributed by atoms with Gasteiger partial charge < -0.3 is 13.9 Å². The Morgan fingerprint density at radius 2 is 1.60 bits per heavy atom. The van der Waals surface area contributed by atoms with Crippen molar-refractivity contribution in [3.63, 3.8) is 0 Å². The molecule has 6 nitrogen and oxygen atoms in total. The van der Waals surface area contributed by atoms with Crippen molar-refractivity contribution >= 4 is 16.9 Å². The number of ketones is 1. The first-order valence-electron chi connectivity index (χ1n) is 13.9. The molecule has 0 bridgehead atoms. The van der Waals surface area contributed by atoms with E-state index in [0.29, 0.717) is 41.0 Å². The number of carbonyl (C=O) groups excluding carboxylic acids is 1. The average Bonchev–Trinajstić information content (AvgIpc) is 3.37. The summed E-state index contributed by atoms with van der Waals surface area (Å²) in [5.74, 6) is -0.0146. The number of fused-ring (bicyclic) bond motifs is 1. The van der Waals surface area contributed by atoms with Gasteiger partial charge in [0.2, 0.25) is 11.3 Å². The fourth-order valence-electron chi connectivity index (χ4n) is 5.13. The van der Waals surface area contributed by atoms with E-state index < -0.39 is 6.10 Å². The molecule has 3 aromatic carbocycles. The SMILES string of the molecule is CC(=O)c1c(OCCc2ccccn2)c(OC(CC(C)c2ccc(F)cc2)c2ccc(F)cc2)c2oc(C)nc2c1C. The van der Waals surface area contributed by atoms with Crippen molar-refractivity contribution in [1.82, 2.24) is 9.97 Å². The van der Waals surface area contributed by atoms with E-state index in [4.69, 9.17) is 13.9 Å². The van der Waals surface area contributed by atoms with Crippen LogP contribution in [0.5, 0.6) is 11.5 Å². The van der Waals surface area contributed by atoms with Gasteiger partial charge in [-0.25, -0.2) is 13.8 Å². The molecule has 0 aliphatic rings. The minimum Gasteiger partial charge on any atom is -0.488 e. The van der Waals surface area contributed by atoms with Crippen molar-refractivity contribution in [2.24, 2.45) is 0 Å². The molecule has 8 heteroatoms. The third kappa shape index (κ3) is 6.33. The van der Waals surface area contributed by atoms with E-state index in [1.165, 1.54) is 31.2 Å². The van der Waals surface area contributed by atoms with Crippen LogP contribution >= 0.6 is 0 Å². The lowest BCUT2D eigenvalue weighted by Gasteiger charge is -2.25. The summed E-state index contributed by atoms with van der Waals surface area (Å²) in [6.07, 6.45) is 2.09. The van der Waals surface area contributed by atoms with Gasteiger partial charge in [-0.05, 0) is 79.3 Å². The van der Waals surface area contributed by atoms with Crippen LogP contribution in [0.2, 0.25) is 0 Å². The number of aryl methyl sites for hydroxylation is 2. The number of benzene rings is 3. The zero-order valence-electron chi connectivity index (χ0n) is 24.0. The molecule has 2 heterocycles. The first-order chi connectivity index (χ1) is 20.2. The molecule has 2 unspecified atom stereocenters. The largest absolute Gasteiger partial charge is 0.488 e. The van der Waals surface area contributed by atoms with E-state index in [1.807, 2.05) is 32.0 Å². The quantitative estimate of drug-likeness (QED) is 0.149. The minimum atomic E-state index is -0.597. The van der Waals surface area contributed by atoms with Gasteiger partial charge in [0, 0.05) is 25.2 Å². The van der Waals surface area contributed by atoms with E-state index in [2.05, 4.69) is 9.97 Å². The first kappa shape index (κ1) is 28.9. The van der Waals surface area contributed by atoms with Gasteiger partial charge >= 0.3 is 0 Å². The van der Waals surface area contributed by atoms with Gasteiger partial charge in [0.25, 0.3) is 0 Å². The zero-order chi connectivity index (χ0) is 29.8. The standard InChI is InChI=1S/C34H32F2N2O4/c1-20(24-8-12-26(35)13-9-24)19-29(25-10-14-27(36)15-11-25)42-34-32(40-18-16-28-7-5-6-17-37-28)30(22(3)39)21(2)31-33(34)41-23(4)38-31/h5-15,17,20,29H,16,18-19H2,1-4H3. The minimum absolute atomic E-state index is 0.0566. The van der Waals surface area contributed by atoms with Crippen molar-refractivity contribution in [1.29, 1.82) is 0 Å². The first-order valence-corrected chi connectivity index (χ1v) is 13.9. The summed E-state index contributed by atoms with van der Waals surface area (Å²) in [4.78, 5) is 21.9. The lowest BCUT2D eigenvalue weighted by atomic mass is 9.92. The number of ether oxygens (including phenoxy) is 2. The fraction of sp³-hybridized carbons (Fsp3) is 0.265.